The van der Waals surface area contributed by atoms with Gasteiger partial charge in [-0.3, -0.25) is 4.79 Å². The highest BCUT2D eigenvalue weighted by Crippen LogP contribution is 2.68. The van der Waals surface area contributed by atoms with Crippen LogP contribution in [0.3, 0.4) is 0 Å². The van der Waals surface area contributed by atoms with Crippen molar-refractivity contribution in [1.29, 1.82) is 0 Å². The molecule has 0 heterocycles. The molecule has 1 aromatic rings. The van der Waals surface area contributed by atoms with E-state index in [9.17, 15) is 4.79 Å². The first-order chi connectivity index (χ1) is 7.93. The first-order valence-electron chi connectivity index (χ1n) is 6.21. The normalized spacial score (nSPS) is 32.6. The zero-order chi connectivity index (χ0) is 12.4. The molecule has 0 aliphatic heterocycles. The summed E-state index contributed by atoms with van der Waals surface area (Å²) in [5.74, 6) is 0.678. The van der Waals surface area contributed by atoms with Gasteiger partial charge in [-0.1, -0.05) is 32.9 Å². The van der Waals surface area contributed by atoms with E-state index in [1.54, 1.807) is 0 Å². The molecule has 1 fully saturated rings. The van der Waals surface area contributed by atoms with Crippen LogP contribution in [0.1, 0.15) is 61.0 Å². The first kappa shape index (κ1) is 11.7. The number of rotatable bonds is 1. The van der Waals surface area contributed by atoms with Gasteiger partial charge in [-0.25, -0.2) is 0 Å². The molecular formula is C15H17IO. The second kappa shape index (κ2) is 3.34. The molecule has 1 saturated carbocycles. The lowest BCUT2D eigenvalue weighted by Gasteiger charge is -2.36. The van der Waals surface area contributed by atoms with Crippen LogP contribution in [0.4, 0.5) is 0 Å². The Kier molecular flexibility index (Phi) is 2.30. The molecule has 2 aliphatic carbocycles. The van der Waals surface area contributed by atoms with Gasteiger partial charge >= 0.3 is 0 Å². The Balaban J connectivity index is 2.34. The predicted octanol–water partition coefficient (Wildman–Crippen LogP) is 4.28. The minimum Gasteiger partial charge on any atom is -0.298 e. The van der Waals surface area contributed by atoms with Crippen molar-refractivity contribution in [2.75, 3.05) is 0 Å². The molecule has 2 bridgehead atoms. The summed E-state index contributed by atoms with van der Waals surface area (Å²) in [6.07, 6.45) is 3.55. The van der Waals surface area contributed by atoms with Crippen LogP contribution in [0.15, 0.2) is 12.1 Å². The first-order valence-corrected chi connectivity index (χ1v) is 7.29. The summed E-state index contributed by atoms with van der Waals surface area (Å²) >= 11 is 2.36. The van der Waals surface area contributed by atoms with E-state index in [0.717, 1.165) is 11.8 Å². The number of hydrogen-bond donors (Lipinski definition) is 0. The van der Waals surface area contributed by atoms with Crippen LogP contribution in [0, 0.1) is 8.99 Å². The average molecular weight is 340 g/mol. The monoisotopic (exact) mass is 340 g/mol. The maximum absolute atomic E-state index is 11.1. The molecule has 0 aromatic heterocycles. The number of carbonyl (C=O) groups excluding carboxylic acids is 1. The number of hydrogen-bond acceptors (Lipinski definition) is 1. The SMILES string of the molecule is CC1(C)[C@@H]2CC[C@@]1(C)c1c2ccc(C=O)c1I. The van der Waals surface area contributed by atoms with E-state index in [4.69, 9.17) is 0 Å². The van der Waals surface area contributed by atoms with Crippen molar-refractivity contribution in [1.82, 2.24) is 0 Å². The van der Waals surface area contributed by atoms with E-state index in [1.807, 2.05) is 6.07 Å². The molecule has 2 atom stereocenters. The Morgan fingerprint density at radius 2 is 2.06 bits per heavy atom. The van der Waals surface area contributed by atoms with Crippen molar-refractivity contribution < 1.29 is 4.79 Å². The highest BCUT2D eigenvalue weighted by molar-refractivity contribution is 14.1. The average Bonchev–Trinajstić information content (AvgIpc) is 2.60. The van der Waals surface area contributed by atoms with Crippen LogP contribution in [-0.2, 0) is 5.41 Å². The molecule has 0 amide bonds. The molecule has 0 N–H and O–H groups in total. The third-order valence-electron chi connectivity index (χ3n) is 5.48. The summed E-state index contributed by atoms with van der Waals surface area (Å²) in [6, 6.07) is 4.19. The summed E-state index contributed by atoms with van der Waals surface area (Å²) in [5.41, 5.74) is 4.40. The summed E-state index contributed by atoms with van der Waals surface area (Å²) in [5, 5.41) is 0. The van der Waals surface area contributed by atoms with Gasteiger partial charge in [0.15, 0.2) is 6.29 Å². The molecule has 0 saturated heterocycles. The lowest BCUT2D eigenvalue weighted by atomic mass is 9.68. The molecule has 3 rings (SSSR count). The zero-order valence-electron chi connectivity index (χ0n) is 10.5. The van der Waals surface area contributed by atoms with E-state index >= 15 is 0 Å². The molecular weight excluding hydrogens is 323 g/mol. The quantitative estimate of drug-likeness (QED) is 0.551. The summed E-state index contributed by atoms with van der Waals surface area (Å²) in [6.45, 7) is 7.16. The van der Waals surface area contributed by atoms with Crippen LogP contribution >= 0.6 is 22.6 Å². The lowest BCUT2D eigenvalue weighted by Crippen LogP contribution is -2.32. The second-order valence-electron chi connectivity index (χ2n) is 6.20. The van der Waals surface area contributed by atoms with E-state index < -0.39 is 0 Å². The Labute approximate surface area is 116 Å². The molecule has 1 nitrogen and oxygen atoms in total. The third kappa shape index (κ3) is 1.18. The summed E-state index contributed by atoms with van der Waals surface area (Å²) < 4.78 is 1.19. The van der Waals surface area contributed by atoms with Gasteiger partial charge in [0.2, 0.25) is 0 Å². The van der Waals surface area contributed by atoms with Gasteiger partial charge in [-0.15, -0.1) is 0 Å². The van der Waals surface area contributed by atoms with Crippen molar-refractivity contribution in [3.63, 3.8) is 0 Å². The zero-order valence-corrected chi connectivity index (χ0v) is 12.7. The fraction of sp³-hybridized carbons (Fsp3) is 0.533. The number of halogens is 1. The number of carbonyl (C=O) groups is 1. The van der Waals surface area contributed by atoms with Crippen molar-refractivity contribution in [2.24, 2.45) is 5.41 Å². The van der Waals surface area contributed by atoms with Crippen LogP contribution in [-0.4, -0.2) is 6.29 Å². The van der Waals surface area contributed by atoms with Crippen LogP contribution in [0.25, 0.3) is 0 Å². The second-order valence-corrected chi connectivity index (χ2v) is 7.27. The minimum atomic E-state index is 0.253. The van der Waals surface area contributed by atoms with Gasteiger partial charge in [-0.2, -0.15) is 0 Å². The predicted molar refractivity (Wildman–Crippen MR) is 77.7 cm³/mol. The van der Waals surface area contributed by atoms with Gasteiger partial charge in [0.25, 0.3) is 0 Å². The van der Waals surface area contributed by atoms with Gasteiger partial charge in [0.1, 0.15) is 0 Å². The summed E-state index contributed by atoms with van der Waals surface area (Å²) in [4.78, 5) is 11.1. The standard InChI is InChI=1S/C15H17IO/c1-14(2)11-6-7-15(14,3)12-10(11)5-4-9(8-17)13(12)16/h4-5,8,11H,6-7H2,1-3H3/t11-,15+/m1/s1. The fourth-order valence-corrected chi connectivity index (χ4v) is 5.25. The number of benzene rings is 1. The Bertz CT molecular complexity index is 518. The van der Waals surface area contributed by atoms with Crippen LogP contribution in [0.5, 0.6) is 0 Å². The number of fused-ring (bicyclic) bond motifs is 5. The summed E-state index contributed by atoms with van der Waals surface area (Å²) in [7, 11) is 0. The molecule has 2 aliphatic rings. The smallest absolute Gasteiger partial charge is 0.151 e. The Morgan fingerprint density at radius 1 is 1.35 bits per heavy atom. The van der Waals surface area contributed by atoms with Gasteiger partial charge in [-0.05, 0) is 63.3 Å². The molecule has 0 radical (unpaired) electrons. The fourth-order valence-electron chi connectivity index (χ4n) is 4.04. The third-order valence-corrected chi connectivity index (χ3v) is 6.65. The molecule has 1 aromatic carbocycles. The molecule has 2 heteroatoms. The largest absolute Gasteiger partial charge is 0.298 e. The van der Waals surface area contributed by atoms with Crippen molar-refractivity contribution >= 4 is 28.9 Å². The van der Waals surface area contributed by atoms with Gasteiger partial charge in [0, 0.05) is 9.13 Å². The van der Waals surface area contributed by atoms with Crippen molar-refractivity contribution in [3.05, 3.63) is 32.4 Å². The number of aldehydes is 1. The molecule has 17 heavy (non-hydrogen) atoms. The topological polar surface area (TPSA) is 17.1 Å². The maximum Gasteiger partial charge on any atom is 0.151 e. The van der Waals surface area contributed by atoms with Gasteiger partial charge in [0.05, 0.1) is 0 Å². The molecule has 0 unspecified atom stereocenters. The molecule has 90 valence electrons. The van der Waals surface area contributed by atoms with Crippen molar-refractivity contribution in [2.45, 2.75) is 44.9 Å². The van der Waals surface area contributed by atoms with E-state index in [2.05, 4.69) is 49.4 Å². The minimum absolute atomic E-state index is 0.253. The van der Waals surface area contributed by atoms with Crippen LogP contribution in [0.2, 0.25) is 0 Å². The Hall–Kier alpha value is -0.380. The molecule has 0 spiro atoms. The highest BCUT2D eigenvalue weighted by Gasteiger charge is 2.59. The van der Waals surface area contributed by atoms with E-state index in [1.165, 1.54) is 27.5 Å². The van der Waals surface area contributed by atoms with Gasteiger partial charge < -0.3 is 0 Å². The Morgan fingerprint density at radius 3 is 2.71 bits per heavy atom. The lowest BCUT2D eigenvalue weighted by molar-refractivity contribution is 0.112. The maximum atomic E-state index is 11.1. The van der Waals surface area contributed by atoms with E-state index in [-0.39, 0.29) is 5.41 Å². The highest BCUT2D eigenvalue weighted by atomic mass is 127. The van der Waals surface area contributed by atoms with Crippen molar-refractivity contribution in [3.8, 4) is 0 Å². The van der Waals surface area contributed by atoms with Crippen LogP contribution < -0.4 is 0 Å². The van der Waals surface area contributed by atoms with E-state index in [0.29, 0.717) is 11.3 Å².